The fraction of sp³-hybridized carbons (Fsp3) is 0.769. The van der Waals surface area contributed by atoms with Crippen LogP contribution in [-0.2, 0) is 11.3 Å². The molecule has 1 fully saturated rings. The third-order valence-electron chi connectivity index (χ3n) is 3.49. The van der Waals surface area contributed by atoms with Crippen molar-refractivity contribution >= 4 is 11.6 Å². The molecular weight excluding hydrogens is 250 g/mol. The molecule has 1 aliphatic heterocycles. The Bertz CT molecular complexity index is 405. The second-order valence-corrected chi connectivity index (χ2v) is 5.31. The SMILES string of the molecule is CCNCC1CCC(Cn2nc(C)c(Cl)c2C)O1. The number of halogens is 1. The van der Waals surface area contributed by atoms with Gasteiger partial charge in [-0.25, -0.2) is 0 Å². The molecule has 2 heterocycles. The van der Waals surface area contributed by atoms with Gasteiger partial charge in [-0.05, 0) is 33.2 Å². The van der Waals surface area contributed by atoms with Crippen molar-refractivity contribution in [3.63, 3.8) is 0 Å². The van der Waals surface area contributed by atoms with E-state index < -0.39 is 0 Å². The zero-order valence-electron chi connectivity index (χ0n) is 11.4. The minimum atomic E-state index is 0.266. The minimum absolute atomic E-state index is 0.266. The highest BCUT2D eigenvalue weighted by Crippen LogP contribution is 2.24. The number of nitrogens with one attached hydrogen (secondary N) is 1. The number of likely N-dealkylation sites (N-methyl/N-ethyl adjacent to an activating group) is 1. The predicted molar refractivity (Wildman–Crippen MR) is 73.1 cm³/mol. The van der Waals surface area contributed by atoms with Crippen LogP contribution < -0.4 is 5.32 Å². The molecule has 0 amide bonds. The number of rotatable bonds is 5. The molecule has 2 unspecified atom stereocenters. The van der Waals surface area contributed by atoms with Crippen LogP contribution in [0.3, 0.4) is 0 Å². The third-order valence-corrected chi connectivity index (χ3v) is 4.03. The normalized spacial score (nSPS) is 23.8. The molecular formula is C13H22ClN3O. The van der Waals surface area contributed by atoms with E-state index >= 15 is 0 Å². The Morgan fingerprint density at radius 2 is 2.11 bits per heavy atom. The first kappa shape index (κ1) is 13.8. The van der Waals surface area contributed by atoms with E-state index in [4.69, 9.17) is 16.3 Å². The lowest BCUT2D eigenvalue weighted by molar-refractivity contribution is 0.0341. The Morgan fingerprint density at radius 3 is 2.72 bits per heavy atom. The monoisotopic (exact) mass is 271 g/mol. The summed E-state index contributed by atoms with van der Waals surface area (Å²) in [4.78, 5) is 0. The molecule has 1 aromatic rings. The van der Waals surface area contributed by atoms with E-state index in [1.54, 1.807) is 0 Å². The van der Waals surface area contributed by atoms with Gasteiger partial charge in [0.05, 0.1) is 35.2 Å². The van der Waals surface area contributed by atoms with E-state index in [0.717, 1.165) is 48.9 Å². The van der Waals surface area contributed by atoms with Crippen LogP contribution in [0.15, 0.2) is 0 Å². The molecule has 4 nitrogen and oxygen atoms in total. The Hall–Kier alpha value is -0.580. The van der Waals surface area contributed by atoms with Crippen molar-refractivity contribution in [2.45, 2.75) is 52.4 Å². The summed E-state index contributed by atoms with van der Waals surface area (Å²) < 4.78 is 7.98. The molecule has 102 valence electrons. The summed E-state index contributed by atoms with van der Waals surface area (Å²) in [7, 11) is 0. The molecule has 1 saturated heterocycles. The first-order valence-electron chi connectivity index (χ1n) is 6.67. The first-order valence-corrected chi connectivity index (χ1v) is 7.05. The number of aromatic nitrogens is 2. The van der Waals surface area contributed by atoms with Gasteiger partial charge >= 0.3 is 0 Å². The molecule has 0 spiro atoms. The lowest BCUT2D eigenvalue weighted by Gasteiger charge is -2.14. The van der Waals surface area contributed by atoms with E-state index in [1.807, 2.05) is 18.5 Å². The Balaban J connectivity index is 1.89. The molecule has 0 radical (unpaired) electrons. The summed E-state index contributed by atoms with van der Waals surface area (Å²) in [6, 6.07) is 0. The number of hydrogen-bond donors (Lipinski definition) is 1. The summed E-state index contributed by atoms with van der Waals surface area (Å²) in [5, 5.41) is 8.56. The van der Waals surface area contributed by atoms with Crippen molar-refractivity contribution in [2.75, 3.05) is 13.1 Å². The van der Waals surface area contributed by atoms with Crippen LogP contribution in [-0.4, -0.2) is 35.1 Å². The van der Waals surface area contributed by atoms with Crippen LogP contribution in [0.4, 0.5) is 0 Å². The smallest absolute Gasteiger partial charge is 0.0844 e. The maximum absolute atomic E-state index is 6.15. The van der Waals surface area contributed by atoms with Crippen LogP contribution in [0.5, 0.6) is 0 Å². The largest absolute Gasteiger partial charge is 0.372 e. The van der Waals surface area contributed by atoms with Crippen LogP contribution in [0, 0.1) is 13.8 Å². The highest BCUT2D eigenvalue weighted by molar-refractivity contribution is 6.31. The second kappa shape index (κ2) is 6.04. The number of ether oxygens (including phenoxy) is 1. The van der Waals surface area contributed by atoms with E-state index in [2.05, 4.69) is 17.3 Å². The lowest BCUT2D eigenvalue weighted by atomic mass is 10.2. The Kier molecular flexibility index (Phi) is 4.65. The number of aryl methyl sites for hydroxylation is 1. The van der Waals surface area contributed by atoms with Gasteiger partial charge in [-0.3, -0.25) is 4.68 Å². The van der Waals surface area contributed by atoms with E-state index in [9.17, 15) is 0 Å². The summed E-state index contributed by atoms with van der Waals surface area (Å²) >= 11 is 6.15. The van der Waals surface area contributed by atoms with Gasteiger partial charge in [0, 0.05) is 6.54 Å². The van der Waals surface area contributed by atoms with Crippen LogP contribution in [0.25, 0.3) is 0 Å². The van der Waals surface area contributed by atoms with Gasteiger partial charge in [0.15, 0.2) is 0 Å². The number of hydrogen-bond acceptors (Lipinski definition) is 3. The van der Waals surface area contributed by atoms with Crippen LogP contribution in [0.2, 0.25) is 5.02 Å². The van der Waals surface area contributed by atoms with Crippen molar-refractivity contribution in [2.24, 2.45) is 0 Å². The van der Waals surface area contributed by atoms with E-state index in [1.165, 1.54) is 0 Å². The van der Waals surface area contributed by atoms with Crippen molar-refractivity contribution in [3.05, 3.63) is 16.4 Å². The molecule has 18 heavy (non-hydrogen) atoms. The van der Waals surface area contributed by atoms with Gasteiger partial charge in [-0.15, -0.1) is 0 Å². The van der Waals surface area contributed by atoms with Crippen molar-refractivity contribution in [3.8, 4) is 0 Å². The zero-order valence-corrected chi connectivity index (χ0v) is 12.1. The van der Waals surface area contributed by atoms with E-state index in [0.29, 0.717) is 6.10 Å². The highest BCUT2D eigenvalue weighted by atomic mass is 35.5. The average molecular weight is 272 g/mol. The summed E-state index contributed by atoms with van der Waals surface area (Å²) in [5.41, 5.74) is 1.93. The molecule has 2 atom stereocenters. The first-order chi connectivity index (χ1) is 8.61. The molecule has 1 aromatic heterocycles. The summed E-state index contributed by atoms with van der Waals surface area (Å²) in [6.07, 6.45) is 2.85. The molecule has 0 bridgehead atoms. The topological polar surface area (TPSA) is 39.1 Å². The standard InChI is InChI=1S/C13H22ClN3O/c1-4-15-7-11-5-6-12(18-11)8-17-10(3)13(14)9(2)16-17/h11-12,15H,4-8H2,1-3H3. The Labute approximate surface area is 114 Å². The maximum Gasteiger partial charge on any atom is 0.0844 e. The minimum Gasteiger partial charge on any atom is -0.372 e. The number of nitrogens with zero attached hydrogens (tertiary/aromatic N) is 2. The van der Waals surface area contributed by atoms with Crippen LogP contribution in [0.1, 0.15) is 31.2 Å². The molecule has 1 N–H and O–H groups in total. The second-order valence-electron chi connectivity index (χ2n) is 4.93. The van der Waals surface area contributed by atoms with Crippen molar-refractivity contribution in [1.82, 2.24) is 15.1 Å². The van der Waals surface area contributed by atoms with E-state index in [-0.39, 0.29) is 6.10 Å². The van der Waals surface area contributed by atoms with Gasteiger partial charge < -0.3 is 10.1 Å². The van der Waals surface area contributed by atoms with Gasteiger partial charge in [0.1, 0.15) is 0 Å². The lowest BCUT2D eigenvalue weighted by Crippen LogP contribution is -2.28. The molecule has 5 heteroatoms. The fourth-order valence-corrected chi connectivity index (χ4v) is 2.55. The van der Waals surface area contributed by atoms with Crippen molar-refractivity contribution in [1.29, 1.82) is 0 Å². The average Bonchev–Trinajstić information content (AvgIpc) is 2.89. The predicted octanol–water partition coefficient (Wildman–Crippen LogP) is 2.31. The highest BCUT2D eigenvalue weighted by Gasteiger charge is 2.26. The van der Waals surface area contributed by atoms with Gasteiger partial charge in [-0.2, -0.15) is 5.10 Å². The van der Waals surface area contributed by atoms with Gasteiger partial charge in [0.25, 0.3) is 0 Å². The molecule has 0 saturated carbocycles. The molecule has 1 aliphatic rings. The zero-order chi connectivity index (χ0) is 13.1. The quantitative estimate of drug-likeness (QED) is 0.893. The molecule has 0 aliphatic carbocycles. The van der Waals surface area contributed by atoms with Gasteiger partial charge in [-0.1, -0.05) is 18.5 Å². The third kappa shape index (κ3) is 3.05. The summed E-state index contributed by atoms with van der Waals surface area (Å²) in [6.45, 7) is 8.82. The molecule has 0 aromatic carbocycles. The van der Waals surface area contributed by atoms with Crippen molar-refractivity contribution < 1.29 is 4.74 Å². The fourth-order valence-electron chi connectivity index (χ4n) is 2.42. The van der Waals surface area contributed by atoms with Crippen LogP contribution >= 0.6 is 11.6 Å². The Morgan fingerprint density at radius 1 is 1.39 bits per heavy atom. The summed E-state index contributed by atoms with van der Waals surface area (Å²) in [5.74, 6) is 0. The maximum atomic E-state index is 6.15. The van der Waals surface area contributed by atoms with Gasteiger partial charge in [0.2, 0.25) is 0 Å². The molecule has 2 rings (SSSR count).